The zero-order chi connectivity index (χ0) is 32.5. The van der Waals surface area contributed by atoms with Crippen LogP contribution in [0.1, 0.15) is 55.0 Å². The first kappa shape index (κ1) is 30.2. The third-order valence-corrected chi connectivity index (χ3v) is 8.85. The minimum absolute atomic E-state index is 0.175. The summed E-state index contributed by atoms with van der Waals surface area (Å²) >= 11 is 0. The number of nitrogens with one attached hydrogen (secondary N) is 2. The van der Waals surface area contributed by atoms with Gasteiger partial charge in [-0.3, -0.25) is 9.80 Å². The largest absolute Gasteiger partial charge is 0.465 e. The number of benzene rings is 3. The van der Waals surface area contributed by atoms with Crippen LogP contribution in [0.25, 0.3) is 33.6 Å². The summed E-state index contributed by atoms with van der Waals surface area (Å²) in [5.74, 6) is -0.00977. The maximum absolute atomic E-state index is 15.5. The molecule has 12 heteroatoms. The quantitative estimate of drug-likeness (QED) is 0.168. The first-order valence-electron chi connectivity index (χ1n) is 15.5. The molecule has 5 aromatic rings. The lowest BCUT2D eigenvalue weighted by Gasteiger charge is -2.22. The smallest absolute Gasteiger partial charge is 0.410 e. The third kappa shape index (κ3) is 6.06. The van der Waals surface area contributed by atoms with Gasteiger partial charge >= 0.3 is 12.2 Å². The molecule has 240 valence electrons. The van der Waals surface area contributed by atoms with E-state index in [1.54, 1.807) is 41.6 Å². The molecule has 0 spiro atoms. The van der Waals surface area contributed by atoms with Crippen LogP contribution in [-0.4, -0.2) is 60.1 Å². The molecule has 3 N–H and O–H groups in total. The Morgan fingerprint density at radius 1 is 0.872 bits per heavy atom. The first-order valence-corrected chi connectivity index (χ1v) is 15.5. The number of likely N-dealkylation sites (tertiary alicyclic amines) is 2. The Hall–Kier alpha value is -5.52. The molecule has 2 fully saturated rings. The number of hydrogen-bond acceptors (Lipinski definition) is 5. The number of aromatic nitrogens is 4. The second-order valence-corrected chi connectivity index (χ2v) is 11.8. The third-order valence-electron chi connectivity index (χ3n) is 8.85. The van der Waals surface area contributed by atoms with Crippen molar-refractivity contribution in [2.45, 2.75) is 44.4 Å². The Morgan fingerprint density at radius 3 is 2.21 bits per heavy atom. The van der Waals surface area contributed by atoms with Gasteiger partial charge in [-0.1, -0.05) is 42.5 Å². The van der Waals surface area contributed by atoms with Crippen molar-refractivity contribution in [1.29, 1.82) is 0 Å². The highest BCUT2D eigenvalue weighted by Crippen LogP contribution is 2.35. The molecule has 10 nitrogen and oxygen atoms in total. The second-order valence-electron chi connectivity index (χ2n) is 11.8. The topological polar surface area (TPSA) is 127 Å². The summed E-state index contributed by atoms with van der Waals surface area (Å²) in [6.07, 6.45) is 4.56. The number of halogens is 2. The predicted molar refractivity (Wildman–Crippen MR) is 169 cm³/mol. The van der Waals surface area contributed by atoms with Crippen LogP contribution >= 0.6 is 0 Å². The van der Waals surface area contributed by atoms with Gasteiger partial charge in [-0.2, -0.15) is 0 Å². The summed E-state index contributed by atoms with van der Waals surface area (Å²) in [5, 5.41) is 9.45. The lowest BCUT2D eigenvalue weighted by Crippen LogP contribution is -2.31. The highest BCUT2D eigenvalue weighted by atomic mass is 19.1. The zero-order valence-corrected chi connectivity index (χ0v) is 25.3. The molecule has 2 aliphatic rings. The lowest BCUT2D eigenvalue weighted by atomic mass is 10.00. The number of carbonyl (C=O) groups is 2. The van der Waals surface area contributed by atoms with Crippen LogP contribution in [0.15, 0.2) is 79.1 Å². The van der Waals surface area contributed by atoms with E-state index in [1.807, 2.05) is 30.3 Å². The maximum atomic E-state index is 15.5. The second kappa shape index (κ2) is 12.7. The molecule has 2 atom stereocenters. The number of amides is 2. The fourth-order valence-electron chi connectivity index (χ4n) is 6.46. The number of hydrogen-bond donors (Lipinski definition) is 3. The van der Waals surface area contributed by atoms with Crippen LogP contribution in [0.2, 0.25) is 0 Å². The molecule has 47 heavy (non-hydrogen) atoms. The van der Waals surface area contributed by atoms with Gasteiger partial charge in [0.25, 0.3) is 0 Å². The van der Waals surface area contributed by atoms with Crippen LogP contribution in [-0.2, 0) is 11.3 Å². The lowest BCUT2D eigenvalue weighted by molar-refractivity contribution is 0.0909. The number of imidazole rings is 2. The molecule has 3 aromatic carbocycles. The minimum atomic E-state index is -1.01. The predicted octanol–water partition coefficient (Wildman–Crippen LogP) is 7.70. The summed E-state index contributed by atoms with van der Waals surface area (Å²) in [7, 11) is 0. The van der Waals surface area contributed by atoms with Crippen molar-refractivity contribution >= 4 is 12.2 Å². The summed E-state index contributed by atoms with van der Waals surface area (Å²) in [6, 6.07) is 18.0. The van der Waals surface area contributed by atoms with Crippen LogP contribution in [0, 0.1) is 11.6 Å². The summed E-state index contributed by atoms with van der Waals surface area (Å²) < 4.78 is 36.3. The van der Waals surface area contributed by atoms with Gasteiger partial charge in [0.05, 0.1) is 29.7 Å². The van der Waals surface area contributed by atoms with Crippen molar-refractivity contribution in [3.8, 4) is 33.6 Å². The molecule has 0 saturated carbocycles. The van der Waals surface area contributed by atoms with E-state index in [4.69, 9.17) is 4.74 Å². The molecular weight excluding hydrogens is 606 g/mol. The average Bonchev–Trinajstić information content (AvgIpc) is 3.90. The summed E-state index contributed by atoms with van der Waals surface area (Å²) in [5.41, 5.74) is 3.26. The van der Waals surface area contributed by atoms with Crippen LogP contribution in [0.3, 0.4) is 0 Å². The van der Waals surface area contributed by atoms with E-state index in [-0.39, 0.29) is 18.2 Å². The van der Waals surface area contributed by atoms with Gasteiger partial charge in [-0.15, -0.1) is 0 Å². The average molecular weight is 639 g/mol. The molecule has 4 heterocycles. The molecule has 2 aromatic heterocycles. The Kier molecular flexibility index (Phi) is 8.15. The fourth-order valence-corrected chi connectivity index (χ4v) is 6.46. The zero-order valence-electron chi connectivity index (χ0n) is 25.3. The normalized spacial score (nSPS) is 17.7. The number of carboxylic acid groups (broad SMARTS) is 1. The van der Waals surface area contributed by atoms with Crippen LogP contribution in [0.4, 0.5) is 18.4 Å². The Bertz CT molecular complexity index is 1930. The van der Waals surface area contributed by atoms with Crippen molar-refractivity contribution in [3.63, 3.8) is 0 Å². The van der Waals surface area contributed by atoms with Gasteiger partial charge < -0.3 is 19.8 Å². The van der Waals surface area contributed by atoms with Gasteiger partial charge in [-0.25, -0.2) is 28.3 Å². The minimum Gasteiger partial charge on any atom is -0.465 e. The van der Waals surface area contributed by atoms with Crippen molar-refractivity contribution in [2.24, 2.45) is 0 Å². The van der Waals surface area contributed by atoms with Crippen molar-refractivity contribution in [1.82, 2.24) is 29.7 Å². The molecule has 7 rings (SSSR count). The van der Waals surface area contributed by atoms with Gasteiger partial charge in [0.2, 0.25) is 0 Å². The van der Waals surface area contributed by atoms with Gasteiger partial charge in [0.15, 0.2) is 0 Å². The molecule has 0 bridgehead atoms. The highest BCUT2D eigenvalue weighted by Gasteiger charge is 2.34. The van der Waals surface area contributed by atoms with Crippen molar-refractivity contribution < 1.29 is 28.2 Å². The van der Waals surface area contributed by atoms with E-state index in [9.17, 15) is 14.7 Å². The van der Waals surface area contributed by atoms with E-state index >= 15 is 8.78 Å². The van der Waals surface area contributed by atoms with Crippen molar-refractivity contribution in [3.05, 3.63) is 108 Å². The van der Waals surface area contributed by atoms with E-state index in [0.29, 0.717) is 65.7 Å². The number of nitrogens with zero attached hydrogens (tertiary/aromatic N) is 4. The van der Waals surface area contributed by atoms with Crippen LogP contribution in [0.5, 0.6) is 0 Å². The van der Waals surface area contributed by atoms with Crippen molar-refractivity contribution in [2.75, 3.05) is 13.1 Å². The van der Waals surface area contributed by atoms with Gasteiger partial charge in [-0.05, 0) is 66.6 Å². The standard InChI is InChI=1S/C35H32F2N6O4/c36-26-16-22(10-12-24(26)28-18-38-32(40-28)30-8-4-14-42(30)34(44)45)23-11-13-25(27(37)17-23)29-19-39-33(41-29)31-9-5-15-43(31)35(46)47-20-21-6-2-1-3-7-21/h1-3,6-7,10-13,16-19,30-31H,4-5,8-9,14-15,20H2,(H,38,40)(H,39,41)(H,44,45)/t30-,31-/m0/s1. The molecule has 0 radical (unpaired) electrons. The molecular formula is C35H32F2N6O4. The number of rotatable bonds is 7. The SMILES string of the molecule is O=C(O)N1CCC[C@H]1c1nc(-c2ccc(-c3ccc(-c4cnc([C@@H]5CCCN5C(=O)OCc5ccccc5)[nH]4)c(F)c3)cc2F)c[nH]1. The molecule has 0 aliphatic carbocycles. The van der Waals surface area contributed by atoms with E-state index in [1.165, 1.54) is 17.0 Å². The number of carbonyl (C=O) groups excluding carboxylic acids is 1. The highest BCUT2D eigenvalue weighted by molar-refractivity contribution is 5.73. The number of ether oxygens (including phenoxy) is 1. The number of aromatic amines is 2. The Balaban J connectivity index is 1.04. The fraction of sp³-hybridized carbons (Fsp3) is 0.257. The molecule has 2 amide bonds. The van der Waals surface area contributed by atoms with E-state index in [0.717, 1.165) is 18.4 Å². The Morgan fingerprint density at radius 2 is 1.53 bits per heavy atom. The Labute approximate surface area is 269 Å². The molecule has 2 aliphatic heterocycles. The summed E-state index contributed by atoms with van der Waals surface area (Å²) in [6.45, 7) is 1.15. The van der Waals surface area contributed by atoms with Crippen LogP contribution < -0.4 is 0 Å². The first-order chi connectivity index (χ1) is 22.9. The molecule has 2 saturated heterocycles. The van der Waals surface area contributed by atoms with E-state index < -0.39 is 29.9 Å². The number of H-pyrrole nitrogens is 2. The molecule has 0 unspecified atom stereocenters. The van der Waals surface area contributed by atoms with Gasteiger partial charge in [0, 0.05) is 30.4 Å². The monoisotopic (exact) mass is 638 g/mol. The summed E-state index contributed by atoms with van der Waals surface area (Å²) in [4.78, 5) is 42.5. The maximum Gasteiger partial charge on any atom is 0.410 e. The van der Waals surface area contributed by atoms with E-state index in [2.05, 4.69) is 19.9 Å². The van der Waals surface area contributed by atoms with Gasteiger partial charge in [0.1, 0.15) is 29.9 Å².